The van der Waals surface area contributed by atoms with Gasteiger partial charge in [0.2, 0.25) is 5.91 Å². The number of amides is 1. The fraction of sp³-hybridized carbons (Fsp3) is 0.429. The molecular formula is C14H19Cl2N3O2S. The van der Waals surface area contributed by atoms with Crippen LogP contribution < -0.4 is 11.1 Å². The SMILES string of the molecule is Cl.Cl.NC(CNC(=O)Cc1csc(-c2ccoc2)n1)C1CC1. The van der Waals surface area contributed by atoms with Gasteiger partial charge in [0, 0.05) is 23.5 Å². The van der Waals surface area contributed by atoms with Crippen molar-refractivity contribution in [2.24, 2.45) is 11.7 Å². The van der Waals surface area contributed by atoms with Gasteiger partial charge in [0.05, 0.1) is 18.4 Å². The zero-order valence-corrected chi connectivity index (χ0v) is 14.3. The fourth-order valence-corrected chi connectivity index (χ4v) is 2.86. The molecule has 0 aromatic carbocycles. The molecule has 1 saturated carbocycles. The Kier molecular flexibility index (Phi) is 7.35. The zero-order valence-electron chi connectivity index (χ0n) is 11.9. The number of hydrogen-bond donors (Lipinski definition) is 2. The standard InChI is InChI=1S/C14H17N3O2S.2ClH/c15-12(9-1-2-9)6-16-13(18)5-11-8-20-14(17-11)10-3-4-19-7-10;;/h3-4,7-9,12H,1-2,5-6,15H2,(H,16,18);2*1H. The van der Waals surface area contributed by atoms with Gasteiger partial charge in [0.1, 0.15) is 11.3 Å². The molecule has 0 saturated heterocycles. The molecule has 1 amide bonds. The van der Waals surface area contributed by atoms with E-state index >= 15 is 0 Å². The monoisotopic (exact) mass is 363 g/mol. The van der Waals surface area contributed by atoms with Crippen molar-refractivity contribution in [2.75, 3.05) is 6.54 Å². The van der Waals surface area contributed by atoms with Crippen LogP contribution in [0, 0.1) is 5.92 Å². The van der Waals surface area contributed by atoms with Crippen LogP contribution in [0.5, 0.6) is 0 Å². The van der Waals surface area contributed by atoms with E-state index in [9.17, 15) is 4.79 Å². The first-order valence-corrected chi connectivity index (χ1v) is 7.59. The minimum atomic E-state index is -0.0230. The summed E-state index contributed by atoms with van der Waals surface area (Å²) in [5.41, 5.74) is 7.67. The Morgan fingerprint density at radius 2 is 2.27 bits per heavy atom. The lowest BCUT2D eigenvalue weighted by Crippen LogP contribution is -2.39. The number of nitrogens with two attached hydrogens (primary N) is 1. The van der Waals surface area contributed by atoms with Crippen molar-refractivity contribution in [1.82, 2.24) is 10.3 Å². The van der Waals surface area contributed by atoms with Crippen LogP contribution in [0.4, 0.5) is 0 Å². The van der Waals surface area contributed by atoms with Gasteiger partial charge in [-0.25, -0.2) is 4.98 Å². The summed E-state index contributed by atoms with van der Waals surface area (Å²) in [5, 5.41) is 5.66. The average Bonchev–Trinajstić information content (AvgIpc) is 2.96. The quantitative estimate of drug-likeness (QED) is 0.826. The lowest BCUT2D eigenvalue weighted by atomic mass is 10.2. The van der Waals surface area contributed by atoms with Crippen molar-refractivity contribution in [2.45, 2.75) is 25.3 Å². The van der Waals surface area contributed by atoms with Crippen LogP contribution in [0.2, 0.25) is 0 Å². The molecule has 0 spiro atoms. The summed E-state index contributed by atoms with van der Waals surface area (Å²) in [4.78, 5) is 16.3. The number of nitrogens with one attached hydrogen (secondary N) is 1. The number of nitrogens with zero attached hydrogens (tertiary/aromatic N) is 1. The molecule has 1 aliphatic rings. The number of aromatic nitrogens is 1. The molecule has 122 valence electrons. The highest BCUT2D eigenvalue weighted by molar-refractivity contribution is 7.13. The molecule has 2 aromatic heterocycles. The van der Waals surface area contributed by atoms with Gasteiger partial charge in [-0.05, 0) is 24.8 Å². The molecule has 0 bridgehead atoms. The van der Waals surface area contributed by atoms with E-state index in [0.717, 1.165) is 16.3 Å². The van der Waals surface area contributed by atoms with Crippen molar-refractivity contribution < 1.29 is 9.21 Å². The van der Waals surface area contributed by atoms with E-state index in [1.807, 2.05) is 11.4 Å². The van der Waals surface area contributed by atoms with Gasteiger partial charge in [-0.1, -0.05) is 0 Å². The molecule has 1 fully saturated rings. The molecule has 0 radical (unpaired) electrons. The second kappa shape index (κ2) is 8.53. The predicted octanol–water partition coefficient (Wildman–Crippen LogP) is 2.64. The van der Waals surface area contributed by atoms with Gasteiger partial charge in [-0.15, -0.1) is 36.2 Å². The van der Waals surface area contributed by atoms with Gasteiger partial charge in [-0.2, -0.15) is 0 Å². The fourth-order valence-electron chi connectivity index (χ4n) is 2.06. The van der Waals surface area contributed by atoms with E-state index < -0.39 is 0 Å². The molecule has 1 aliphatic carbocycles. The normalized spacial score (nSPS) is 14.6. The highest BCUT2D eigenvalue weighted by atomic mass is 35.5. The van der Waals surface area contributed by atoms with Crippen LogP contribution >= 0.6 is 36.2 Å². The van der Waals surface area contributed by atoms with Crippen LogP contribution in [0.15, 0.2) is 28.4 Å². The van der Waals surface area contributed by atoms with E-state index in [1.165, 1.54) is 24.2 Å². The first-order valence-electron chi connectivity index (χ1n) is 6.71. The summed E-state index contributed by atoms with van der Waals surface area (Å²) in [6.07, 6.45) is 5.94. The number of furan rings is 1. The average molecular weight is 364 g/mol. The molecular weight excluding hydrogens is 345 g/mol. The van der Waals surface area contributed by atoms with Gasteiger partial charge in [-0.3, -0.25) is 4.79 Å². The Bertz CT molecular complexity index is 585. The maximum atomic E-state index is 11.8. The number of thiazole rings is 1. The Morgan fingerprint density at radius 3 is 2.91 bits per heavy atom. The number of rotatable bonds is 6. The summed E-state index contributed by atoms with van der Waals surface area (Å²) in [6, 6.07) is 1.95. The molecule has 8 heteroatoms. The van der Waals surface area contributed by atoms with E-state index in [4.69, 9.17) is 10.2 Å². The first-order chi connectivity index (χ1) is 9.72. The molecule has 1 atom stereocenters. The van der Waals surface area contributed by atoms with E-state index in [-0.39, 0.29) is 36.8 Å². The first kappa shape index (κ1) is 19.0. The molecule has 3 N–H and O–H groups in total. The summed E-state index contributed by atoms with van der Waals surface area (Å²) in [7, 11) is 0. The minimum absolute atomic E-state index is 0. The molecule has 22 heavy (non-hydrogen) atoms. The lowest BCUT2D eigenvalue weighted by molar-refractivity contribution is -0.120. The van der Waals surface area contributed by atoms with Crippen molar-refractivity contribution in [1.29, 1.82) is 0 Å². The zero-order chi connectivity index (χ0) is 13.9. The van der Waals surface area contributed by atoms with Crippen molar-refractivity contribution in [3.05, 3.63) is 29.7 Å². The van der Waals surface area contributed by atoms with Crippen LogP contribution in [0.25, 0.3) is 10.6 Å². The lowest BCUT2D eigenvalue weighted by Gasteiger charge is -2.10. The van der Waals surface area contributed by atoms with Gasteiger partial charge >= 0.3 is 0 Å². The Hall–Kier alpha value is -1.08. The van der Waals surface area contributed by atoms with Gasteiger partial charge in [0.25, 0.3) is 0 Å². The van der Waals surface area contributed by atoms with Gasteiger partial charge < -0.3 is 15.5 Å². The Morgan fingerprint density at radius 1 is 1.50 bits per heavy atom. The van der Waals surface area contributed by atoms with Crippen LogP contribution in [-0.2, 0) is 11.2 Å². The van der Waals surface area contributed by atoms with Crippen LogP contribution in [-0.4, -0.2) is 23.5 Å². The molecule has 1 unspecified atom stereocenters. The number of halogens is 2. The Labute approximate surface area is 145 Å². The summed E-state index contributed by atoms with van der Waals surface area (Å²) in [5.74, 6) is 0.576. The maximum Gasteiger partial charge on any atom is 0.226 e. The highest BCUT2D eigenvalue weighted by Gasteiger charge is 2.28. The van der Waals surface area contributed by atoms with Crippen molar-refractivity contribution in [3.63, 3.8) is 0 Å². The third-order valence-corrected chi connectivity index (χ3v) is 4.36. The van der Waals surface area contributed by atoms with Crippen LogP contribution in [0.1, 0.15) is 18.5 Å². The summed E-state index contributed by atoms with van der Waals surface area (Å²) in [6.45, 7) is 0.558. The third kappa shape index (κ3) is 4.98. The molecule has 0 aliphatic heterocycles. The maximum absolute atomic E-state index is 11.8. The van der Waals surface area contributed by atoms with Crippen molar-refractivity contribution in [3.8, 4) is 10.6 Å². The Balaban J connectivity index is 0.00000121. The molecule has 5 nitrogen and oxygen atoms in total. The summed E-state index contributed by atoms with van der Waals surface area (Å²) >= 11 is 1.51. The second-order valence-electron chi connectivity index (χ2n) is 5.14. The second-order valence-corrected chi connectivity index (χ2v) is 6.00. The highest BCUT2D eigenvalue weighted by Crippen LogP contribution is 2.31. The summed E-state index contributed by atoms with van der Waals surface area (Å²) < 4.78 is 5.03. The predicted molar refractivity (Wildman–Crippen MR) is 91.7 cm³/mol. The number of carbonyl (C=O) groups excluding carboxylic acids is 1. The topological polar surface area (TPSA) is 81.1 Å². The van der Waals surface area contributed by atoms with E-state index in [2.05, 4.69) is 10.3 Å². The number of carbonyl (C=O) groups is 1. The van der Waals surface area contributed by atoms with Crippen LogP contribution in [0.3, 0.4) is 0 Å². The molecule has 3 rings (SSSR count). The van der Waals surface area contributed by atoms with Gasteiger partial charge in [0.15, 0.2) is 0 Å². The van der Waals surface area contributed by atoms with E-state index in [0.29, 0.717) is 18.9 Å². The smallest absolute Gasteiger partial charge is 0.226 e. The molecule has 2 aromatic rings. The number of hydrogen-bond acceptors (Lipinski definition) is 5. The van der Waals surface area contributed by atoms with E-state index in [1.54, 1.807) is 12.5 Å². The largest absolute Gasteiger partial charge is 0.472 e. The van der Waals surface area contributed by atoms with Crippen molar-refractivity contribution >= 4 is 42.1 Å². The third-order valence-electron chi connectivity index (χ3n) is 3.42. The minimum Gasteiger partial charge on any atom is -0.472 e. The molecule has 2 heterocycles.